The molecule has 0 aliphatic heterocycles. The molecule has 0 spiro atoms. The molecule has 0 atom stereocenters. The van der Waals surface area contributed by atoms with Gasteiger partial charge < -0.3 is 9.13 Å². The maximum atomic E-state index is 11.1. The zero-order valence-electron chi connectivity index (χ0n) is 38.4. The van der Waals surface area contributed by atoms with Gasteiger partial charge in [-0.05, 0) is 139 Å². The van der Waals surface area contributed by atoms with Crippen LogP contribution >= 0.6 is 0 Å². The number of rotatable bonds is 7. The third-order valence-corrected chi connectivity index (χ3v) is 13.8. The van der Waals surface area contributed by atoms with E-state index in [1.165, 1.54) is 44.5 Å². The Kier molecular flexibility index (Phi) is 9.74. The van der Waals surface area contributed by atoms with Gasteiger partial charge in [-0.15, -0.1) is 0 Å². The molecule has 12 rings (SSSR count). The minimum absolute atomic E-state index is 0.573. The third-order valence-electron chi connectivity index (χ3n) is 13.8. The van der Waals surface area contributed by atoms with E-state index >= 15 is 0 Å². The number of benzene rings is 9. The van der Waals surface area contributed by atoms with Gasteiger partial charge in [-0.25, -0.2) is 0 Å². The Hall–Kier alpha value is -8.78. The Morgan fingerprint density at radius 2 is 0.676 bits per heavy atom. The minimum atomic E-state index is 0.573. The van der Waals surface area contributed by atoms with Gasteiger partial charge in [0.1, 0.15) is 0 Å². The summed E-state index contributed by atoms with van der Waals surface area (Å²) in [5, 5.41) is 15.7. The van der Waals surface area contributed by atoms with Crippen molar-refractivity contribution < 1.29 is 0 Å². The molecular formula is C64H46N4. The van der Waals surface area contributed by atoms with Gasteiger partial charge in [-0.3, -0.25) is 4.98 Å². The first-order valence-corrected chi connectivity index (χ1v) is 23.2. The van der Waals surface area contributed by atoms with Crippen LogP contribution in [0, 0.1) is 39.0 Å². The number of hydrogen-bond acceptors (Lipinski definition) is 2. The largest absolute Gasteiger partial charge is 0.307 e. The summed E-state index contributed by atoms with van der Waals surface area (Å²) < 4.78 is 4.79. The standard InChI is InChI=1S/C64H46N4/c1-40-7-15-44(16-8-40)48-23-27-59-55(32-48)56-33-49(45-17-9-41(2)10-18-45)24-28-60(56)67(59)63-36-53(38-65)54(52-6-5-31-66-39-52)37-64(63)68-61-29-25-50(46-19-11-42(3)12-20-46)34-57(61)58-35-51(26-30-62(58)68)47-21-13-43(4)14-22-47/h5-37,39H,1-4H3. The van der Waals surface area contributed by atoms with Crippen LogP contribution in [0.1, 0.15) is 27.8 Å². The predicted octanol–water partition coefficient (Wildman–Crippen LogP) is 16.7. The molecule has 0 unspecified atom stereocenters. The maximum absolute atomic E-state index is 11.1. The first kappa shape index (κ1) is 40.7. The summed E-state index contributed by atoms with van der Waals surface area (Å²) in [5.74, 6) is 0. The van der Waals surface area contributed by atoms with E-state index in [1.807, 2.05) is 18.3 Å². The molecule has 4 nitrogen and oxygen atoms in total. The lowest BCUT2D eigenvalue weighted by Gasteiger charge is -2.19. The highest BCUT2D eigenvalue weighted by molar-refractivity contribution is 6.14. The quantitative estimate of drug-likeness (QED) is 0.160. The molecule has 0 radical (unpaired) electrons. The van der Waals surface area contributed by atoms with E-state index in [-0.39, 0.29) is 0 Å². The van der Waals surface area contributed by atoms with E-state index < -0.39 is 0 Å². The van der Waals surface area contributed by atoms with Gasteiger partial charge in [0.15, 0.2) is 0 Å². The van der Waals surface area contributed by atoms with Crippen LogP contribution in [-0.4, -0.2) is 14.1 Å². The second kappa shape index (κ2) is 16.3. The Balaban J connectivity index is 1.19. The maximum Gasteiger partial charge on any atom is 0.0999 e. The molecule has 0 fully saturated rings. The number of fused-ring (bicyclic) bond motifs is 6. The third kappa shape index (κ3) is 6.96. The summed E-state index contributed by atoms with van der Waals surface area (Å²) in [7, 11) is 0. The van der Waals surface area contributed by atoms with Crippen LogP contribution < -0.4 is 0 Å². The average molecular weight is 871 g/mol. The highest BCUT2D eigenvalue weighted by Crippen LogP contribution is 2.44. The lowest BCUT2D eigenvalue weighted by Crippen LogP contribution is -2.05. The number of aromatic nitrogens is 3. The SMILES string of the molecule is Cc1ccc(-c2ccc3c(c2)c2cc(-c4ccc(C)cc4)ccc2n3-c2cc(C#N)c(-c3cccnc3)cc2-n2c3ccc(-c4ccc(C)cc4)cc3c3cc(-c4ccc(C)cc4)ccc32)cc1. The predicted molar refractivity (Wildman–Crippen MR) is 284 cm³/mol. The van der Waals surface area contributed by atoms with Gasteiger partial charge >= 0.3 is 0 Å². The van der Waals surface area contributed by atoms with Crippen molar-refractivity contribution >= 4 is 43.6 Å². The topological polar surface area (TPSA) is 46.5 Å². The zero-order chi connectivity index (χ0) is 46.0. The van der Waals surface area contributed by atoms with Crippen molar-refractivity contribution in [2.24, 2.45) is 0 Å². The van der Waals surface area contributed by atoms with E-state index in [9.17, 15) is 5.26 Å². The number of hydrogen-bond donors (Lipinski definition) is 0. The molecule has 0 bridgehead atoms. The van der Waals surface area contributed by atoms with E-state index in [1.54, 1.807) is 6.20 Å². The van der Waals surface area contributed by atoms with Crippen LogP contribution in [0.15, 0.2) is 207 Å². The van der Waals surface area contributed by atoms with Gasteiger partial charge in [0.2, 0.25) is 0 Å². The van der Waals surface area contributed by atoms with Crippen molar-refractivity contribution in [3.8, 4) is 73.1 Å². The van der Waals surface area contributed by atoms with Gasteiger partial charge in [0.05, 0.1) is 45.1 Å². The van der Waals surface area contributed by atoms with Crippen molar-refractivity contribution in [2.75, 3.05) is 0 Å². The lowest BCUT2D eigenvalue weighted by atomic mass is 9.99. The van der Waals surface area contributed by atoms with Gasteiger partial charge in [0, 0.05) is 45.1 Å². The van der Waals surface area contributed by atoms with Crippen LogP contribution in [0.25, 0.3) is 111 Å². The van der Waals surface area contributed by atoms with Crippen LogP contribution in [0.2, 0.25) is 0 Å². The lowest BCUT2D eigenvalue weighted by molar-refractivity contribution is 1.09. The van der Waals surface area contributed by atoms with E-state index in [2.05, 4.69) is 230 Å². The van der Waals surface area contributed by atoms with Gasteiger partial charge in [-0.2, -0.15) is 5.26 Å². The molecule has 9 aromatic carbocycles. The second-order valence-corrected chi connectivity index (χ2v) is 18.3. The van der Waals surface area contributed by atoms with E-state index in [0.717, 1.165) is 88.4 Å². The summed E-state index contributed by atoms with van der Waals surface area (Å²) in [4.78, 5) is 4.53. The number of nitriles is 1. The molecule has 12 aromatic rings. The smallest absolute Gasteiger partial charge is 0.0999 e. The fourth-order valence-electron chi connectivity index (χ4n) is 10.1. The molecule has 0 aliphatic rings. The highest BCUT2D eigenvalue weighted by Gasteiger charge is 2.24. The fraction of sp³-hybridized carbons (Fsp3) is 0.0625. The molecule has 0 saturated carbocycles. The Bertz CT molecular complexity index is 3750. The molecular weight excluding hydrogens is 825 g/mol. The van der Waals surface area contributed by atoms with E-state index in [4.69, 9.17) is 0 Å². The zero-order valence-corrected chi connectivity index (χ0v) is 38.4. The number of nitrogens with zero attached hydrogens (tertiary/aromatic N) is 4. The monoisotopic (exact) mass is 870 g/mol. The molecule has 3 heterocycles. The summed E-state index contributed by atoms with van der Waals surface area (Å²) in [6.45, 7) is 8.52. The number of aryl methyl sites for hydroxylation is 4. The first-order valence-electron chi connectivity index (χ1n) is 23.2. The molecule has 322 valence electrons. The molecule has 0 amide bonds. The Labute approximate surface area is 396 Å². The minimum Gasteiger partial charge on any atom is -0.307 e. The molecule has 3 aromatic heterocycles. The normalized spacial score (nSPS) is 11.5. The first-order chi connectivity index (χ1) is 33.3. The fourth-order valence-corrected chi connectivity index (χ4v) is 10.1. The van der Waals surface area contributed by atoms with Crippen LogP contribution in [-0.2, 0) is 0 Å². The van der Waals surface area contributed by atoms with Crippen LogP contribution in [0.3, 0.4) is 0 Å². The second-order valence-electron chi connectivity index (χ2n) is 18.3. The average Bonchev–Trinajstić information content (AvgIpc) is 3.88. The van der Waals surface area contributed by atoms with Crippen molar-refractivity contribution in [1.82, 2.24) is 14.1 Å². The van der Waals surface area contributed by atoms with Gasteiger partial charge in [0.25, 0.3) is 0 Å². The Morgan fingerprint density at radius 1 is 0.353 bits per heavy atom. The van der Waals surface area contributed by atoms with Crippen molar-refractivity contribution in [2.45, 2.75) is 27.7 Å². The van der Waals surface area contributed by atoms with Gasteiger partial charge in [-0.1, -0.05) is 150 Å². The van der Waals surface area contributed by atoms with Crippen molar-refractivity contribution in [3.63, 3.8) is 0 Å². The number of pyridine rings is 1. The Morgan fingerprint density at radius 3 is 0.985 bits per heavy atom. The highest BCUT2D eigenvalue weighted by atomic mass is 15.1. The van der Waals surface area contributed by atoms with E-state index in [0.29, 0.717) is 5.56 Å². The summed E-state index contributed by atoms with van der Waals surface area (Å²) in [6.07, 6.45) is 3.63. The molecule has 0 N–H and O–H groups in total. The van der Waals surface area contributed by atoms with Crippen molar-refractivity contribution in [1.29, 1.82) is 5.26 Å². The summed E-state index contributed by atoms with van der Waals surface area (Å²) in [6, 6.07) is 73.4. The van der Waals surface area contributed by atoms with Crippen molar-refractivity contribution in [3.05, 3.63) is 234 Å². The van der Waals surface area contributed by atoms with Crippen LogP contribution in [0.4, 0.5) is 0 Å². The molecule has 68 heavy (non-hydrogen) atoms. The summed E-state index contributed by atoms with van der Waals surface area (Å²) >= 11 is 0. The summed E-state index contributed by atoms with van der Waals surface area (Å²) in [5.41, 5.74) is 22.6. The molecule has 0 saturated heterocycles. The molecule has 4 heteroatoms. The molecule has 0 aliphatic carbocycles. The van der Waals surface area contributed by atoms with Crippen LogP contribution in [0.5, 0.6) is 0 Å².